The molecule has 1 N–H and O–H groups in total. The van der Waals surface area contributed by atoms with Gasteiger partial charge in [-0.1, -0.05) is 42.8 Å². The van der Waals surface area contributed by atoms with Crippen LogP contribution in [0.4, 0.5) is 0 Å². The first kappa shape index (κ1) is 20.1. The molecule has 0 aliphatic heterocycles. The minimum Gasteiger partial charge on any atom is -0.452 e. The number of benzene rings is 2. The molecule has 2 aromatic carbocycles. The molecule has 5 nitrogen and oxygen atoms in total. The first-order valence-corrected chi connectivity index (χ1v) is 9.81. The highest BCUT2D eigenvalue weighted by molar-refractivity contribution is 7.85. The van der Waals surface area contributed by atoms with E-state index in [1.54, 1.807) is 43.3 Å². The lowest BCUT2D eigenvalue weighted by molar-refractivity contribution is -0.124. The van der Waals surface area contributed by atoms with Crippen LogP contribution in [-0.4, -0.2) is 28.4 Å². The standard InChI is InChI=1S/C19H20ClNO4S/c1-3-26(24)17-10-5-4-9-16(17)19(23)25-12-18(22)21-13(2)14-7-6-8-15(20)11-14/h4-11,13H,3,12H2,1-2H3,(H,21,22). The van der Waals surface area contributed by atoms with E-state index in [-0.39, 0.29) is 11.6 Å². The van der Waals surface area contributed by atoms with Gasteiger partial charge in [-0.05, 0) is 36.8 Å². The van der Waals surface area contributed by atoms with Gasteiger partial charge in [-0.15, -0.1) is 0 Å². The van der Waals surface area contributed by atoms with E-state index in [0.29, 0.717) is 15.7 Å². The molecule has 0 saturated heterocycles. The number of amides is 1. The number of halogens is 1. The van der Waals surface area contributed by atoms with Gasteiger partial charge in [0.05, 0.1) is 27.3 Å². The second kappa shape index (κ2) is 9.50. The number of rotatable bonds is 7. The normalized spacial score (nSPS) is 12.9. The van der Waals surface area contributed by atoms with Crippen LogP contribution in [0.25, 0.3) is 0 Å². The van der Waals surface area contributed by atoms with Gasteiger partial charge in [-0.25, -0.2) is 4.79 Å². The summed E-state index contributed by atoms with van der Waals surface area (Å²) in [6.45, 7) is 3.16. The number of ether oxygens (including phenoxy) is 1. The minimum absolute atomic E-state index is 0.211. The molecule has 7 heteroatoms. The monoisotopic (exact) mass is 393 g/mol. The van der Waals surface area contributed by atoms with Crippen LogP contribution in [0.1, 0.15) is 35.8 Å². The number of hydrogen-bond donors (Lipinski definition) is 1. The van der Waals surface area contributed by atoms with Gasteiger partial charge in [-0.2, -0.15) is 0 Å². The van der Waals surface area contributed by atoms with Crippen LogP contribution in [0.2, 0.25) is 5.02 Å². The number of carbonyl (C=O) groups excluding carboxylic acids is 2. The molecule has 2 aromatic rings. The Hall–Kier alpha value is -2.18. The molecular weight excluding hydrogens is 374 g/mol. The molecule has 0 aliphatic rings. The summed E-state index contributed by atoms with van der Waals surface area (Å²) >= 11 is 5.94. The zero-order chi connectivity index (χ0) is 19.1. The first-order chi connectivity index (χ1) is 12.4. The number of hydrogen-bond acceptors (Lipinski definition) is 4. The van der Waals surface area contributed by atoms with Gasteiger partial charge in [0.1, 0.15) is 0 Å². The van der Waals surface area contributed by atoms with Gasteiger partial charge in [-0.3, -0.25) is 9.00 Å². The summed E-state index contributed by atoms with van der Waals surface area (Å²) in [5, 5.41) is 3.32. The smallest absolute Gasteiger partial charge is 0.339 e. The second-order valence-electron chi connectivity index (χ2n) is 5.55. The molecule has 0 bridgehead atoms. The molecule has 0 radical (unpaired) electrons. The Morgan fingerprint density at radius 2 is 1.92 bits per heavy atom. The molecule has 0 aliphatic carbocycles. The van der Waals surface area contributed by atoms with Crippen molar-refractivity contribution < 1.29 is 18.5 Å². The van der Waals surface area contributed by atoms with Crippen LogP contribution in [0.15, 0.2) is 53.4 Å². The van der Waals surface area contributed by atoms with Gasteiger partial charge in [0.15, 0.2) is 6.61 Å². The SMILES string of the molecule is CCS(=O)c1ccccc1C(=O)OCC(=O)NC(C)c1cccc(Cl)c1. The van der Waals surface area contributed by atoms with Crippen molar-refractivity contribution in [3.8, 4) is 0 Å². The first-order valence-electron chi connectivity index (χ1n) is 8.11. The van der Waals surface area contributed by atoms with E-state index >= 15 is 0 Å². The largest absolute Gasteiger partial charge is 0.452 e. The van der Waals surface area contributed by atoms with Gasteiger partial charge >= 0.3 is 5.97 Å². The van der Waals surface area contributed by atoms with Crippen LogP contribution in [0.3, 0.4) is 0 Å². The van der Waals surface area contributed by atoms with Gasteiger partial charge < -0.3 is 10.1 Å². The summed E-state index contributed by atoms with van der Waals surface area (Å²) in [5.74, 6) is -0.713. The Morgan fingerprint density at radius 3 is 2.62 bits per heavy atom. The fourth-order valence-corrected chi connectivity index (χ4v) is 3.48. The van der Waals surface area contributed by atoms with E-state index < -0.39 is 29.3 Å². The highest BCUT2D eigenvalue weighted by Gasteiger charge is 2.18. The van der Waals surface area contributed by atoms with Crippen molar-refractivity contribution in [3.63, 3.8) is 0 Å². The lowest BCUT2D eigenvalue weighted by Crippen LogP contribution is -2.31. The lowest BCUT2D eigenvalue weighted by atomic mass is 10.1. The van der Waals surface area contributed by atoms with Gasteiger partial charge in [0.25, 0.3) is 5.91 Å². The molecule has 26 heavy (non-hydrogen) atoms. The Balaban J connectivity index is 1.95. The maximum Gasteiger partial charge on any atom is 0.339 e. The number of esters is 1. The summed E-state index contributed by atoms with van der Waals surface area (Å²) in [6.07, 6.45) is 0. The van der Waals surface area contributed by atoms with Crippen LogP contribution < -0.4 is 5.32 Å². The molecule has 2 unspecified atom stereocenters. The van der Waals surface area contributed by atoms with Crippen molar-refractivity contribution in [1.29, 1.82) is 0 Å². The molecule has 0 saturated carbocycles. The van der Waals surface area contributed by atoms with E-state index in [1.807, 2.05) is 13.0 Å². The maximum atomic E-state index is 12.2. The molecule has 0 spiro atoms. The highest BCUT2D eigenvalue weighted by atomic mass is 35.5. The van der Waals surface area contributed by atoms with Crippen LogP contribution >= 0.6 is 11.6 Å². The third-order valence-corrected chi connectivity index (χ3v) is 5.28. The fraction of sp³-hybridized carbons (Fsp3) is 0.263. The molecule has 2 rings (SSSR count). The average molecular weight is 394 g/mol. The van der Waals surface area contributed by atoms with Crippen molar-refractivity contribution in [2.45, 2.75) is 24.8 Å². The van der Waals surface area contributed by atoms with Crippen molar-refractivity contribution in [2.75, 3.05) is 12.4 Å². The summed E-state index contributed by atoms with van der Waals surface area (Å²) in [4.78, 5) is 24.7. The maximum absolute atomic E-state index is 12.2. The zero-order valence-electron chi connectivity index (χ0n) is 14.5. The minimum atomic E-state index is -1.29. The quantitative estimate of drug-likeness (QED) is 0.731. The van der Waals surface area contributed by atoms with Gasteiger partial charge in [0.2, 0.25) is 0 Å². The predicted octanol–water partition coefficient (Wildman–Crippen LogP) is 3.50. The summed E-state index contributed by atoms with van der Waals surface area (Å²) < 4.78 is 17.1. The Kier molecular flexibility index (Phi) is 7.36. The molecule has 0 heterocycles. The molecular formula is C19H20ClNO4S. The Labute approximate surface area is 160 Å². The van der Waals surface area contributed by atoms with Crippen LogP contribution in [0.5, 0.6) is 0 Å². The van der Waals surface area contributed by atoms with Crippen molar-refractivity contribution >= 4 is 34.3 Å². The van der Waals surface area contributed by atoms with E-state index in [4.69, 9.17) is 16.3 Å². The second-order valence-corrected chi connectivity index (χ2v) is 7.70. The third kappa shape index (κ3) is 5.41. The topological polar surface area (TPSA) is 72.5 Å². The van der Waals surface area contributed by atoms with Crippen molar-refractivity contribution in [2.24, 2.45) is 0 Å². The Morgan fingerprint density at radius 1 is 1.19 bits per heavy atom. The third-order valence-electron chi connectivity index (χ3n) is 3.67. The number of carbonyl (C=O) groups is 2. The van der Waals surface area contributed by atoms with E-state index in [1.165, 1.54) is 6.07 Å². The molecule has 138 valence electrons. The van der Waals surface area contributed by atoms with E-state index in [0.717, 1.165) is 5.56 Å². The van der Waals surface area contributed by atoms with Crippen molar-refractivity contribution in [3.05, 3.63) is 64.7 Å². The number of nitrogens with one attached hydrogen (secondary N) is 1. The molecule has 0 fully saturated rings. The lowest BCUT2D eigenvalue weighted by Gasteiger charge is -2.15. The molecule has 1 amide bonds. The Bertz CT molecular complexity index is 825. The highest BCUT2D eigenvalue weighted by Crippen LogP contribution is 2.18. The average Bonchev–Trinajstić information content (AvgIpc) is 2.65. The molecule has 2 atom stereocenters. The zero-order valence-corrected chi connectivity index (χ0v) is 16.1. The van der Waals surface area contributed by atoms with Gasteiger partial charge in [0, 0.05) is 10.8 Å². The van der Waals surface area contributed by atoms with Crippen LogP contribution in [-0.2, 0) is 20.3 Å². The predicted molar refractivity (Wildman–Crippen MR) is 102 cm³/mol. The van der Waals surface area contributed by atoms with Crippen LogP contribution in [0, 0.1) is 0 Å². The van der Waals surface area contributed by atoms with Crippen molar-refractivity contribution in [1.82, 2.24) is 5.32 Å². The van der Waals surface area contributed by atoms with E-state index in [9.17, 15) is 13.8 Å². The summed E-state index contributed by atoms with van der Waals surface area (Å²) in [7, 11) is -1.29. The fourth-order valence-electron chi connectivity index (χ4n) is 2.34. The summed E-state index contributed by atoms with van der Waals surface area (Å²) in [5.41, 5.74) is 1.06. The molecule has 0 aromatic heterocycles. The summed E-state index contributed by atoms with van der Waals surface area (Å²) in [6, 6.07) is 13.4. The van der Waals surface area contributed by atoms with E-state index in [2.05, 4.69) is 5.32 Å².